The molecule has 0 N–H and O–H groups in total. The highest BCUT2D eigenvalue weighted by atomic mass is 16.5. The maximum absolute atomic E-state index is 12.4. The van der Waals surface area contributed by atoms with E-state index < -0.39 is 12.2 Å². The van der Waals surface area contributed by atoms with Gasteiger partial charge in [0.1, 0.15) is 5.75 Å². The molecule has 2 aromatic carbocycles. The zero-order valence-electron chi connectivity index (χ0n) is 10.6. The predicted octanol–water partition coefficient (Wildman–Crippen LogP) is 3.02. The van der Waals surface area contributed by atoms with Crippen LogP contribution in [0.4, 0.5) is 0 Å². The van der Waals surface area contributed by atoms with Crippen molar-refractivity contribution in [1.82, 2.24) is 0 Å². The summed E-state index contributed by atoms with van der Waals surface area (Å²) < 4.78 is 11.3. The Balaban J connectivity index is 2.05. The third kappa shape index (κ3) is 2.02. The predicted molar refractivity (Wildman–Crippen MR) is 71.4 cm³/mol. The zero-order valence-corrected chi connectivity index (χ0v) is 10.6. The second-order valence-electron chi connectivity index (χ2n) is 4.47. The van der Waals surface area contributed by atoms with Crippen LogP contribution in [0.5, 0.6) is 5.75 Å². The lowest BCUT2D eigenvalue weighted by Crippen LogP contribution is -2.37. The SMILES string of the molecule is CO[C@H]1C(=O)c2ccccc2O[C@@H]1c1ccccc1. The minimum atomic E-state index is -0.600. The van der Waals surface area contributed by atoms with Gasteiger partial charge in [-0.3, -0.25) is 4.79 Å². The molecule has 0 amide bonds. The summed E-state index contributed by atoms with van der Waals surface area (Å²) in [5, 5.41) is 0. The number of para-hydroxylation sites is 1. The molecule has 0 fully saturated rings. The first-order valence-electron chi connectivity index (χ1n) is 6.19. The van der Waals surface area contributed by atoms with Gasteiger partial charge in [-0.05, 0) is 17.7 Å². The number of carbonyl (C=O) groups is 1. The Hall–Kier alpha value is -2.13. The van der Waals surface area contributed by atoms with Gasteiger partial charge in [-0.1, -0.05) is 42.5 Å². The van der Waals surface area contributed by atoms with Crippen molar-refractivity contribution in [3.63, 3.8) is 0 Å². The molecule has 0 aliphatic carbocycles. The molecule has 3 rings (SSSR count). The third-order valence-corrected chi connectivity index (χ3v) is 3.32. The lowest BCUT2D eigenvalue weighted by atomic mass is 9.93. The molecule has 19 heavy (non-hydrogen) atoms. The molecule has 0 unspecified atom stereocenters. The van der Waals surface area contributed by atoms with Gasteiger partial charge in [0.05, 0.1) is 5.56 Å². The summed E-state index contributed by atoms with van der Waals surface area (Å²) >= 11 is 0. The van der Waals surface area contributed by atoms with E-state index in [2.05, 4.69) is 0 Å². The average Bonchev–Trinajstić information content (AvgIpc) is 2.48. The number of hydrogen-bond donors (Lipinski definition) is 0. The first-order valence-corrected chi connectivity index (χ1v) is 6.19. The number of hydrogen-bond acceptors (Lipinski definition) is 3. The summed E-state index contributed by atoms with van der Waals surface area (Å²) in [6, 6.07) is 16.9. The van der Waals surface area contributed by atoms with Crippen molar-refractivity contribution in [1.29, 1.82) is 0 Å². The number of benzene rings is 2. The van der Waals surface area contributed by atoms with Crippen LogP contribution in [0.3, 0.4) is 0 Å². The smallest absolute Gasteiger partial charge is 0.199 e. The number of fused-ring (bicyclic) bond motifs is 1. The molecule has 0 saturated heterocycles. The molecule has 1 heterocycles. The lowest BCUT2D eigenvalue weighted by molar-refractivity contribution is -0.000602. The zero-order chi connectivity index (χ0) is 13.2. The Morgan fingerprint density at radius 2 is 1.68 bits per heavy atom. The number of rotatable bonds is 2. The van der Waals surface area contributed by atoms with Crippen LogP contribution in [0.25, 0.3) is 0 Å². The van der Waals surface area contributed by atoms with E-state index in [9.17, 15) is 4.79 Å². The molecular formula is C16H14O3. The van der Waals surface area contributed by atoms with Crippen molar-refractivity contribution < 1.29 is 14.3 Å². The molecule has 2 atom stereocenters. The Labute approximate surface area is 111 Å². The van der Waals surface area contributed by atoms with E-state index in [0.29, 0.717) is 11.3 Å². The maximum Gasteiger partial charge on any atom is 0.199 e. The van der Waals surface area contributed by atoms with Gasteiger partial charge < -0.3 is 9.47 Å². The van der Waals surface area contributed by atoms with Crippen molar-refractivity contribution in [2.45, 2.75) is 12.2 Å². The van der Waals surface area contributed by atoms with Crippen LogP contribution >= 0.6 is 0 Å². The van der Waals surface area contributed by atoms with Gasteiger partial charge in [0, 0.05) is 7.11 Å². The average molecular weight is 254 g/mol. The summed E-state index contributed by atoms with van der Waals surface area (Å²) in [5.41, 5.74) is 1.53. The fraction of sp³-hybridized carbons (Fsp3) is 0.188. The molecule has 1 aliphatic rings. The molecule has 1 aliphatic heterocycles. The van der Waals surface area contributed by atoms with Gasteiger partial charge in [0.25, 0.3) is 0 Å². The van der Waals surface area contributed by atoms with E-state index in [1.165, 1.54) is 7.11 Å². The normalized spacial score (nSPS) is 21.6. The first kappa shape index (κ1) is 11.9. The lowest BCUT2D eigenvalue weighted by Gasteiger charge is -2.31. The molecule has 0 bridgehead atoms. The molecule has 0 saturated carbocycles. The molecule has 0 radical (unpaired) electrons. The van der Waals surface area contributed by atoms with Crippen LogP contribution in [0.1, 0.15) is 22.0 Å². The number of Topliss-reactive ketones (excluding diaryl/α,β-unsaturated/α-hetero) is 1. The van der Waals surface area contributed by atoms with Crippen LogP contribution in [-0.4, -0.2) is 19.0 Å². The van der Waals surface area contributed by atoms with E-state index in [-0.39, 0.29) is 5.78 Å². The molecule has 0 spiro atoms. The number of carbonyl (C=O) groups excluding carboxylic acids is 1. The number of ketones is 1. The van der Waals surface area contributed by atoms with E-state index in [1.54, 1.807) is 6.07 Å². The van der Waals surface area contributed by atoms with Crippen LogP contribution in [0.2, 0.25) is 0 Å². The quantitative estimate of drug-likeness (QED) is 0.826. The Morgan fingerprint density at radius 3 is 2.42 bits per heavy atom. The highest BCUT2D eigenvalue weighted by Crippen LogP contribution is 2.35. The molecule has 96 valence electrons. The highest BCUT2D eigenvalue weighted by Gasteiger charge is 2.38. The van der Waals surface area contributed by atoms with Crippen molar-refractivity contribution in [2.75, 3.05) is 7.11 Å². The van der Waals surface area contributed by atoms with E-state index >= 15 is 0 Å². The van der Waals surface area contributed by atoms with Crippen LogP contribution < -0.4 is 4.74 Å². The van der Waals surface area contributed by atoms with Crippen LogP contribution in [0, 0.1) is 0 Å². The van der Waals surface area contributed by atoms with Crippen LogP contribution in [-0.2, 0) is 4.74 Å². The Bertz CT molecular complexity index is 592. The molecule has 2 aromatic rings. The largest absolute Gasteiger partial charge is 0.482 e. The Kier molecular flexibility index (Phi) is 3.05. The van der Waals surface area contributed by atoms with Gasteiger partial charge in [-0.25, -0.2) is 0 Å². The van der Waals surface area contributed by atoms with Crippen molar-refractivity contribution in [3.05, 3.63) is 65.7 Å². The number of methoxy groups -OCH3 is 1. The number of ether oxygens (including phenoxy) is 2. The molecule has 3 nitrogen and oxygen atoms in total. The van der Waals surface area contributed by atoms with Crippen molar-refractivity contribution in [2.24, 2.45) is 0 Å². The van der Waals surface area contributed by atoms with E-state index in [1.807, 2.05) is 48.5 Å². The Morgan fingerprint density at radius 1 is 1.00 bits per heavy atom. The summed E-state index contributed by atoms with van der Waals surface area (Å²) in [4.78, 5) is 12.4. The monoisotopic (exact) mass is 254 g/mol. The first-order chi connectivity index (χ1) is 9.31. The van der Waals surface area contributed by atoms with E-state index in [0.717, 1.165) is 5.56 Å². The third-order valence-electron chi connectivity index (χ3n) is 3.32. The topological polar surface area (TPSA) is 35.5 Å². The minimum absolute atomic E-state index is 0.0294. The summed E-state index contributed by atoms with van der Waals surface area (Å²) in [6.45, 7) is 0. The van der Waals surface area contributed by atoms with Gasteiger partial charge in [-0.2, -0.15) is 0 Å². The van der Waals surface area contributed by atoms with Crippen LogP contribution in [0.15, 0.2) is 54.6 Å². The van der Waals surface area contributed by atoms with Crippen molar-refractivity contribution in [3.8, 4) is 5.75 Å². The summed E-state index contributed by atoms with van der Waals surface area (Å²) in [5.74, 6) is 0.591. The summed E-state index contributed by atoms with van der Waals surface area (Å²) in [6.07, 6.45) is -0.995. The standard InChI is InChI=1S/C16H14O3/c1-18-16-14(17)12-9-5-6-10-13(12)19-15(16)11-7-3-2-4-8-11/h2-10,15-16H,1H3/t15-,16+/m1/s1. The van der Waals surface area contributed by atoms with Gasteiger partial charge >= 0.3 is 0 Å². The second kappa shape index (κ2) is 4.86. The molecule has 3 heteroatoms. The molecule has 0 aromatic heterocycles. The van der Waals surface area contributed by atoms with Gasteiger partial charge in [0.15, 0.2) is 18.0 Å². The van der Waals surface area contributed by atoms with Crippen molar-refractivity contribution >= 4 is 5.78 Å². The fourth-order valence-electron chi connectivity index (χ4n) is 2.38. The minimum Gasteiger partial charge on any atom is -0.482 e. The molecular weight excluding hydrogens is 240 g/mol. The fourth-order valence-corrected chi connectivity index (χ4v) is 2.38. The van der Waals surface area contributed by atoms with Gasteiger partial charge in [0.2, 0.25) is 0 Å². The van der Waals surface area contributed by atoms with Gasteiger partial charge in [-0.15, -0.1) is 0 Å². The van der Waals surface area contributed by atoms with E-state index in [4.69, 9.17) is 9.47 Å². The summed E-state index contributed by atoms with van der Waals surface area (Å²) in [7, 11) is 1.54. The second-order valence-corrected chi connectivity index (χ2v) is 4.47. The maximum atomic E-state index is 12.4. The highest BCUT2D eigenvalue weighted by molar-refractivity contribution is 6.03.